The zero-order chi connectivity index (χ0) is 13.1. The summed E-state index contributed by atoms with van der Waals surface area (Å²) in [5.41, 5.74) is 2.97. The molecule has 0 heterocycles. The Morgan fingerprint density at radius 2 is 1.89 bits per heavy atom. The van der Waals surface area contributed by atoms with E-state index in [-0.39, 0.29) is 0 Å². The van der Waals surface area contributed by atoms with Crippen LogP contribution in [0.15, 0.2) is 41.5 Å². The van der Waals surface area contributed by atoms with Crippen molar-refractivity contribution in [3.63, 3.8) is 0 Å². The van der Waals surface area contributed by atoms with E-state index in [1.165, 1.54) is 17.7 Å². The number of benzene rings is 1. The molecule has 0 fully saturated rings. The predicted molar refractivity (Wildman–Crippen MR) is 70.5 cm³/mol. The van der Waals surface area contributed by atoms with E-state index in [2.05, 4.69) is 31.3 Å². The monoisotopic (exact) mass is 249 g/mol. The van der Waals surface area contributed by atoms with Crippen molar-refractivity contribution < 1.29 is 8.78 Å². The van der Waals surface area contributed by atoms with Crippen molar-refractivity contribution in [1.82, 2.24) is 0 Å². The van der Waals surface area contributed by atoms with Gasteiger partial charge in [-0.25, -0.2) is 8.78 Å². The first-order valence-corrected chi connectivity index (χ1v) is 6.11. The fourth-order valence-corrected chi connectivity index (χ4v) is 2.33. The molecule has 0 radical (unpaired) electrons. The Labute approximate surface area is 106 Å². The van der Waals surface area contributed by atoms with E-state index in [1.54, 1.807) is 0 Å². The molecule has 1 atom stereocenters. The average molecular weight is 249 g/mol. The summed E-state index contributed by atoms with van der Waals surface area (Å²) < 4.78 is 26.0. The first-order chi connectivity index (χ1) is 8.52. The second kappa shape index (κ2) is 5.34. The maximum absolute atomic E-state index is 13.0. The minimum Gasteiger partial charge on any atom is -0.381 e. The number of hydrogen-bond acceptors (Lipinski definition) is 1. The molecule has 1 aromatic rings. The molecule has 1 nitrogen and oxygen atoms in total. The summed E-state index contributed by atoms with van der Waals surface area (Å²) in [5, 5.41) is 3.04. The Morgan fingerprint density at radius 3 is 2.50 bits per heavy atom. The van der Waals surface area contributed by atoms with Crippen LogP contribution in [0.3, 0.4) is 0 Å². The highest BCUT2D eigenvalue weighted by Crippen LogP contribution is 2.22. The highest BCUT2D eigenvalue weighted by Gasteiger charge is 2.08. The lowest BCUT2D eigenvalue weighted by atomic mass is 9.92. The first kappa shape index (κ1) is 12.8. The molecule has 96 valence electrons. The number of halogens is 2. The summed E-state index contributed by atoms with van der Waals surface area (Å²) in [6.45, 7) is 4.86. The van der Waals surface area contributed by atoms with Gasteiger partial charge in [0.25, 0.3) is 0 Å². The molecule has 0 spiro atoms. The molecular formula is C15H17F2N. The quantitative estimate of drug-likeness (QED) is 0.842. The van der Waals surface area contributed by atoms with Crippen molar-refractivity contribution in [1.29, 1.82) is 0 Å². The Bertz CT molecular complexity index is 483. The lowest BCUT2D eigenvalue weighted by molar-refractivity contribution is 0.584. The summed E-state index contributed by atoms with van der Waals surface area (Å²) in [7, 11) is 0. The van der Waals surface area contributed by atoms with Gasteiger partial charge in [0.1, 0.15) is 11.6 Å². The van der Waals surface area contributed by atoms with Crippen molar-refractivity contribution in [3.8, 4) is 0 Å². The van der Waals surface area contributed by atoms with Crippen molar-refractivity contribution in [2.24, 2.45) is 5.92 Å². The molecule has 0 aromatic heterocycles. The van der Waals surface area contributed by atoms with Crippen LogP contribution in [-0.4, -0.2) is 6.54 Å². The number of hydrogen-bond donors (Lipinski definition) is 1. The van der Waals surface area contributed by atoms with Gasteiger partial charge in [-0.2, -0.15) is 0 Å². The van der Waals surface area contributed by atoms with Crippen LogP contribution in [0.4, 0.5) is 14.5 Å². The summed E-state index contributed by atoms with van der Waals surface area (Å²) in [6.07, 6.45) is 5.40. The fraction of sp³-hybridized carbons (Fsp3) is 0.333. The van der Waals surface area contributed by atoms with E-state index in [4.69, 9.17) is 0 Å². The van der Waals surface area contributed by atoms with E-state index in [0.717, 1.165) is 18.1 Å². The number of rotatable bonds is 3. The van der Waals surface area contributed by atoms with Gasteiger partial charge in [0.15, 0.2) is 0 Å². The second-order valence-corrected chi connectivity index (χ2v) is 4.93. The van der Waals surface area contributed by atoms with E-state index in [9.17, 15) is 8.78 Å². The molecule has 3 heteroatoms. The van der Waals surface area contributed by atoms with Crippen LogP contribution in [-0.2, 0) is 0 Å². The van der Waals surface area contributed by atoms with Crippen LogP contribution in [0.25, 0.3) is 0 Å². The molecule has 0 bridgehead atoms. The molecule has 1 aliphatic carbocycles. The van der Waals surface area contributed by atoms with Crippen molar-refractivity contribution >= 4 is 5.69 Å². The SMILES string of the molecule is CC1=CC(CNc2cc(F)cc(F)c2)=CC(C)C1. The second-order valence-electron chi connectivity index (χ2n) is 4.93. The van der Waals surface area contributed by atoms with Crippen LogP contribution in [0, 0.1) is 17.6 Å². The van der Waals surface area contributed by atoms with E-state index in [0.29, 0.717) is 18.2 Å². The Hall–Kier alpha value is -1.64. The predicted octanol–water partition coefficient (Wildman–Crippen LogP) is 4.29. The standard InChI is InChI=1S/C15H17F2N/c1-10-3-11(2)5-12(4-10)9-18-15-7-13(16)6-14(17)8-15/h4-8,10,18H,3,9H2,1-2H3. The number of allylic oxidation sites excluding steroid dienone is 2. The van der Waals surface area contributed by atoms with Crippen LogP contribution < -0.4 is 5.32 Å². The van der Waals surface area contributed by atoms with Gasteiger partial charge >= 0.3 is 0 Å². The van der Waals surface area contributed by atoms with Gasteiger partial charge < -0.3 is 5.32 Å². The zero-order valence-corrected chi connectivity index (χ0v) is 10.6. The molecule has 0 aliphatic heterocycles. The topological polar surface area (TPSA) is 12.0 Å². The van der Waals surface area contributed by atoms with Gasteiger partial charge in [-0.3, -0.25) is 0 Å². The smallest absolute Gasteiger partial charge is 0.128 e. The third kappa shape index (κ3) is 3.42. The summed E-state index contributed by atoms with van der Waals surface area (Å²) in [5.74, 6) is -0.596. The number of anilines is 1. The third-order valence-corrected chi connectivity index (χ3v) is 2.93. The van der Waals surface area contributed by atoms with Gasteiger partial charge in [-0.1, -0.05) is 24.6 Å². The molecule has 18 heavy (non-hydrogen) atoms. The molecular weight excluding hydrogens is 232 g/mol. The summed E-state index contributed by atoms with van der Waals surface area (Å²) in [4.78, 5) is 0. The highest BCUT2D eigenvalue weighted by atomic mass is 19.1. The van der Waals surface area contributed by atoms with Crippen LogP contribution >= 0.6 is 0 Å². The molecule has 1 N–H and O–H groups in total. The maximum atomic E-state index is 13.0. The lowest BCUT2D eigenvalue weighted by Gasteiger charge is -2.17. The third-order valence-electron chi connectivity index (χ3n) is 2.93. The van der Waals surface area contributed by atoms with E-state index < -0.39 is 11.6 Å². The summed E-state index contributed by atoms with van der Waals surface area (Å²) in [6, 6.07) is 3.47. The van der Waals surface area contributed by atoms with Crippen LogP contribution in [0.2, 0.25) is 0 Å². The Kier molecular flexibility index (Phi) is 3.80. The average Bonchev–Trinajstić information content (AvgIpc) is 2.23. The zero-order valence-electron chi connectivity index (χ0n) is 10.6. The summed E-state index contributed by atoms with van der Waals surface area (Å²) >= 11 is 0. The molecule has 0 amide bonds. The van der Waals surface area contributed by atoms with Crippen molar-refractivity contribution in [2.45, 2.75) is 20.3 Å². The molecule has 1 unspecified atom stereocenters. The molecule has 0 saturated heterocycles. The Morgan fingerprint density at radius 1 is 1.22 bits per heavy atom. The van der Waals surface area contributed by atoms with E-state index in [1.807, 2.05) is 0 Å². The van der Waals surface area contributed by atoms with Gasteiger partial charge in [0.05, 0.1) is 0 Å². The number of nitrogens with one attached hydrogen (secondary N) is 1. The minimum absolute atomic E-state index is 0.470. The van der Waals surface area contributed by atoms with E-state index >= 15 is 0 Å². The molecule has 2 rings (SSSR count). The van der Waals surface area contributed by atoms with Crippen molar-refractivity contribution in [3.05, 3.63) is 53.1 Å². The van der Waals surface area contributed by atoms with Crippen molar-refractivity contribution in [2.75, 3.05) is 11.9 Å². The van der Waals surface area contributed by atoms with Gasteiger partial charge in [-0.05, 0) is 37.0 Å². The fourth-order valence-electron chi connectivity index (χ4n) is 2.33. The Balaban J connectivity index is 2.03. The van der Waals surface area contributed by atoms with Crippen LogP contribution in [0.5, 0.6) is 0 Å². The van der Waals surface area contributed by atoms with Crippen LogP contribution in [0.1, 0.15) is 20.3 Å². The van der Waals surface area contributed by atoms with Gasteiger partial charge in [-0.15, -0.1) is 0 Å². The van der Waals surface area contributed by atoms with Gasteiger partial charge in [0, 0.05) is 18.3 Å². The first-order valence-electron chi connectivity index (χ1n) is 6.11. The normalized spacial score (nSPS) is 19.2. The molecule has 1 aromatic carbocycles. The highest BCUT2D eigenvalue weighted by molar-refractivity contribution is 5.46. The molecule has 1 aliphatic rings. The largest absolute Gasteiger partial charge is 0.381 e. The van der Waals surface area contributed by atoms with Gasteiger partial charge in [0.2, 0.25) is 0 Å². The minimum atomic E-state index is -0.560. The lowest BCUT2D eigenvalue weighted by Crippen LogP contribution is -2.09. The molecule has 0 saturated carbocycles. The maximum Gasteiger partial charge on any atom is 0.128 e.